The zero-order valence-corrected chi connectivity index (χ0v) is 9.59. The molecule has 0 amide bonds. The first-order valence-electron chi connectivity index (χ1n) is 5.09. The second-order valence-corrected chi connectivity index (χ2v) is 4.48. The number of nitrogens with zero attached hydrogens (tertiary/aromatic N) is 2. The minimum Gasteiger partial charge on any atom is -0.375 e. The van der Waals surface area contributed by atoms with Gasteiger partial charge in [0.15, 0.2) is 5.16 Å². The van der Waals surface area contributed by atoms with E-state index in [1.165, 1.54) is 0 Å². The van der Waals surface area contributed by atoms with Crippen LogP contribution in [0.3, 0.4) is 0 Å². The van der Waals surface area contributed by atoms with Crippen LogP contribution in [0.25, 0.3) is 0 Å². The number of morpholine rings is 1. The van der Waals surface area contributed by atoms with Crippen LogP contribution in [0, 0.1) is 6.92 Å². The lowest BCUT2D eigenvalue weighted by Crippen LogP contribution is -2.39. The molecule has 2 heterocycles. The molecule has 1 aliphatic rings. The van der Waals surface area contributed by atoms with Crippen LogP contribution in [0.2, 0.25) is 0 Å². The summed E-state index contributed by atoms with van der Waals surface area (Å²) in [6.07, 6.45) is 2.08. The number of ether oxygens (including phenoxy) is 1. The molecule has 0 aliphatic carbocycles. The van der Waals surface area contributed by atoms with Crippen molar-refractivity contribution in [2.24, 2.45) is 0 Å². The molecule has 1 fully saturated rings. The first-order valence-corrected chi connectivity index (χ1v) is 6.08. The molecule has 0 saturated carbocycles. The average molecular weight is 225 g/mol. The maximum Gasteiger partial charge on any atom is 0.187 e. The Kier molecular flexibility index (Phi) is 3.94. The Morgan fingerprint density at radius 3 is 3.33 bits per heavy atom. The summed E-state index contributed by atoms with van der Waals surface area (Å²) in [7, 11) is 0. The first kappa shape index (κ1) is 10.9. The van der Waals surface area contributed by atoms with Gasteiger partial charge in [0.1, 0.15) is 0 Å². The number of thioether (sulfide) groups is 1. The molecule has 15 heavy (non-hydrogen) atoms. The van der Waals surface area contributed by atoms with Gasteiger partial charge in [-0.05, 0) is 13.0 Å². The van der Waals surface area contributed by atoms with Crippen molar-refractivity contribution >= 4 is 11.8 Å². The van der Waals surface area contributed by atoms with E-state index in [1.54, 1.807) is 18.0 Å². The molecule has 82 valence electrons. The minimum absolute atomic E-state index is 0.285. The molecule has 1 aliphatic heterocycles. The van der Waals surface area contributed by atoms with Gasteiger partial charge in [0.05, 0.1) is 12.7 Å². The van der Waals surface area contributed by atoms with Crippen molar-refractivity contribution < 1.29 is 4.74 Å². The van der Waals surface area contributed by atoms with Crippen LogP contribution < -0.4 is 5.32 Å². The smallest absolute Gasteiger partial charge is 0.187 e. The van der Waals surface area contributed by atoms with Gasteiger partial charge in [0.2, 0.25) is 0 Å². The molecular formula is C10H15N3OS. The second kappa shape index (κ2) is 5.44. The topological polar surface area (TPSA) is 47.0 Å². The molecule has 1 saturated heterocycles. The Bertz CT molecular complexity index is 315. The van der Waals surface area contributed by atoms with Gasteiger partial charge in [-0.2, -0.15) is 0 Å². The number of aryl methyl sites for hydroxylation is 1. The van der Waals surface area contributed by atoms with E-state index in [-0.39, 0.29) is 6.10 Å². The van der Waals surface area contributed by atoms with Gasteiger partial charge in [0.25, 0.3) is 0 Å². The maximum atomic E-state index is 5.59. The third-order valence-corrected chi connectivity index (χ3v) is 3.17. The molecule has 2 rings (SSSR count). The highest BCUT2D eigenvalue weighted by Gasteiger charge is 2.13. The van der Waals surface area contributed by atoms with E-state index < -0.39 is 0 Å². The summed E-state index contributed by atoms with van der Waals surface area (Å²) < 4.78 is 5.59. The molecule has 1 atom stereocenters. The fourth-order valence-corrected chi connectivity index (χ4v) is 2.28. The van der Waals surface area contributed by atoms with Crippen LogP contribution >= 0.6 is 11.8 Å². The summed E-state index contributed by atoms with van der Waals surface area (Å²) in [4.78, 5) is 8.53. The Hall–Kier alpha value is -0.650. The summed E-state index contributed by atoms with van der Waals surface area (Å²) in [5.41, 5.74) is 1.01. The summed E-state index contributed by atoms with van der Waals surface area (Å²) in [5, 5.41) is 4.14. The molecule has 0 bridgehead atoms. The van der Waals surface area contributed by atoms with E-state index >= 15 is 0 Å². The molecule has 1 unspecified atom stereocenters. The quantitative estimate of drug-likeness (QED) is 0.611. The standard InChI is InChI=1S/C10H15N3OS/c1-8-2-3-12-10(13-8)15-7-9-6-11-4-5-14-9/h2-3,9,11H,4-7H2,1H3. The van der Waals surface area contributed by atoms with Crippen molar-refractivity contribution in [3.8, 4) is 0 Å². The monoisotopic (exact) mass is 225 g/mol. The van der Waals surface area contributed by atoms with E-state index in [9.17, 15) is 0 Å². The number of aromatic nitrogens is 2. The van der Waals surface area contributed by atoms with E-state index in [1.807, 2.05) is 13.0 Å². The summed E-state index contributed by atoms with van der Waals surface area (Å²) in [5.74, 6) is 0.913. The summed E-state index contributed by atoms with van der Waals surface area (Å²) in [6, 6.07) is 1.91. The zero-order chi connectivity index (χ0) is 10.5. The summed E-state index contributed by atoms with van der Waals surface area (Å²) >= 11 is 1.65. The van der Waals surface area contributed by atoms with Gasteiger partial charge in [0, 0.05) is 30.7 Å². The van der Waals surface area contributed by atoms with Gasteiger partial charge in [-0.25, -0.2) is 9.97 Å². The van der Waals surface area contributed by atoms with E-state index in [0.29, 0.717) is 0 Å². The predicted molar refractivity (Wildman–Crippen MR) is 60.1 cm³/mol. The number of hydrogen-bond acceptors (Lipinski definition) is 5. The normalized spacial score (nSPS) is 21.5. The lowest BCUT2D eigenvalue weighted by Gasteiger charge is -2.22. The fourth-order valence-electron chi connectivity index (χ4n) is 1.39. The fraction of sp³-hybridized carbons (Fsp3) is 0.600. The molecule has 1 aromatic heterocycles. The van der Waals surface area contributed by atoms with Gasteiger partial charge >= 0.3 is 0 Å². The number of rotatable bonds is 3. The van der Waals surface area contributed by atoms with Crippen LogP contribution in [-0.4, -0.2) is 41.5 Å². The van der Waals surface area contributed by atoms with Crippen molar-refractivity contribution in [3.05, 3.63) is 18.0 Å². The Balaban J connectivity index is 1.81. The van der Waals surface area contributed by atoms with Crippen molar-refractivity contribution in [3.63, 3.8) is 0 Å². The average Bonchev–Trinajstić information content (AvgIpc) is 2.28. The molecule has 1 N–H and O–H groups in total. The molecule has 5 heteroatoms. The third kappa shape index (κ3) is 3.44. The lowest BCUT2D eigenvalue weighted by atomic mass is 10.3. The number of nitrogens with one attached hydrogen (secondary N) is 1. The highest BCUT2D eigenvalue weighted by Crippen LogP contribution is 2.15. The van der Waals surface area contributed by atoms with E-state index in [2.05, 4.69) is 15.3 Å². The Morgan fingerprint density at radius 2 is 2.60 bits per heavy atom. The second-order valence-electron chi connectivity index (χ2n) is 3.49. The highest BCUT2D eigenvalue weighted by molar-refractivity contribution is 7.99. The van der Waals surface area contributed by atoms with Crippen molar-refractivity contribution in [2.45, 2.75) is 18.2 Å². The number of hydrogen-bond donors (Lipinski definition) is 1. The predicted octanol–water partition coefficient (Wildman–Crippen LogP) is 0.866. The van der Waals surface area contributed by atoms with Crippen LogP contribution in [0.1, 0.15) is 5.69 Å². The molecule has 4 nitrogen and oxygen atoms in total. The minimum atomic E-state index is 0.285. The molecule has 0 aromatic carbocycles. The maximum absolute atomic E-state index is 5.59. The SMILES string of the molecule is Cc1ccnc(SCC2CNCCO2)n1. The van der Waals surface area contributed by atoms with Gasteiger partial charge < -0.3 is 10.1 Å². The van der Waals surface area contributed by atoms with Crippen LogP contribution in [0.4, 0.5) is 0 Å². The third-order valence-electron chi connectivity index (χ3n) is 2.18. The van der Waals surface area contributed by atoms with E-state index in [4.69, 9.17) is 4.74 Å². The zero-order valence-electron chi connectivity index (χ0n) is 8.77. The summed E-state index contributed by atoms with van der Waals surface area (Å²) in [6.45, 7) is 4.67. The Morgan fingerprint density at radius 1 is 1.67 bits per heavy atom. The lowest BCUT2D eigenvalue weighted by molar-refractivity contribution is 0.0440. The molecular weight excluding hydrogens is 210 g/mol. The molecule has 1 aromatic rings. The van der Waals surface area contributed by atoms with Crippen LogP contribution in [-0.2, 0) is 4.74 Å². The largest absolute Gasteiger partial charge is 0.375 e. The molecule has 0 radical (unpaired) electrons. The highest BCUT2D eigenvalue weighted by atomic mass is 32.2. The Labute approximate surface area is 93.8 Å². The van der Waals surface area contributed by atoms with Gasteiger partial charge in [-0.15, -0.1) is 0 Å². The van der Waals surface area contributed by atoms with E-state index in [0.717, 1.165) is 36.3 Å². The van der Waals surface area contributed by atoms with Gasteiger partial charge in [-0.3, -0.25) is 0 Å². The van der Waals surface area contributed by atoms with Crippen molar-refractivity contribution in [2.75, 3.05) is 25.4 Å². The van der Waals surface area contributed by atoms with Gasteiger partial charge in [-0.1, -0.05) is 11.8 Å². The van der Waals surface area contributed by atoms with Crippen molar-refractivity contribution in [1.29, 1.82) is 0 Å². The molecule has 0 spiro atoms. The first-order chi connectivity index (χ1) is 7.34. The van der Waals surface area contributed by atoms with Crippen molar-refractivity contribution in [1.82, 2.24) is 15.3 Å². The van der Waals surface area contributed by atoms with Crippen LogP contribution in [0.5, 0.6) is 0 Å². The van der Waals surface area contributed by atoms with Crippen LogP contribution in [0.15, 0.2) is 17.4 Å².